The number of para-hydroxylation sites is 1. The molecule has 1 aromatic carbocycles. The topological polar surface area (TPSA) is 67.4 Å². The van der Waals surface area contributed by atoms with Crippen LogP contribution >= 0.6 is 0 Å². The standard InChI is InChI=1S/C20H24N4O2/c1-13-21-18-12-26-19-6-4-3-5-15(19)11-17(18)20(22-13)24-9-7-16(8-10-24)23-14(2)25/h3-6,16H,7-12H2,1-2H3,(H,23,25). The van der Waals surface area contributed by atoms with Crippen LogP contribution in [-0.2, 0) is 17.8 Å². The molecule has 0 radical (unpaired) electrons. The molecule has 26 heavy (non-hydrogen) atoms. The monoisotopic (exact) mass is 352 g/mol. The molecule has 6 nitrogen and oxygen atoms in total. The Balaban J connectivity index is 1.62. The molecule has 0 aliphatic carbocycles. The number of nitrogens with zero attached hydrogens (tertiary/aromatic N) is 3. The number of ether oxygens (including phenoxy) is 1. The van der Waals surface area contributed by atoms with Crippen LogP contribution in [0.2, 0.25) is 0 Å². The predicted molar refractivity (Wildman–Crippen MR) is 99.4 cm³/mol. The van der Waals surface area contributed by atoms with E-state index in [0.717, 1.165) is 55.4 Å². The lowest BCUT2D eigenvalue weighted by Gasteiger charge is -2.34. The van der Waals surface area contributed by atoms with E-state index in [2.05, 4.69) is 21.3 Å². The van der Waals surface area contributed by atoms with Crippen molar-refractivity contribution in [3.8, 4) is 5.75 Å². The van der Waals surface area contributed by atoms with Crippen molar-refractivity contribution < 1.29 is 9.53 Å². The van der Waals surface area contributed by atoms with Crippen molar-refractivity contribution in [2.75, 3.05) is 18.0 Å². The van der Waals surface area contributed by atoms with Gasteiger partial charge in [-0.3, -0.25) is 4.79 Å². The van der Waals surface area contributed by atoms with E-state index in [1.165, 1.54) is 11.1 Å². The van der Waals surface area contributed by atoms with Gasteiger partial charge in [0.25, 0.3) is 0 Å². The zero-order chi connectivity index (χ0) is 18.1. The van der Waals surface area contributed by atoms with Gasteiger partial charge in [-0.2, -0.15) is 0 Å². The first-order chi connectivity index (χ1) is 12.6. The average Bonchev–Trinajstić information content (AvgIpc) is 2.81. The molecule has 1 N–H and O–H groups in total. The first-order valence-corrected chi connectivity index (χ1v) is 9.19. The number of benzene rings is 1. The zero-order valence-electron chi connectivity index (χ0n) is 15.3. The number of anilines is 1. The minimum Gasteiger partial charge on any atom is -0.487 e. The van der Waals surface area contributed by atoms with E-state index < -0.39 is 0 Å². The van der Waals surface area contributed by atoms with Crippen molar-refractivity contribution in [1.29, 1.82) is 0 Å². The van der Waals surface area contributed by atoms with Gasteiger partial charge in [0.15, 0.2) is 0 Å². The summed E-state index contributed by atoms with van der Waals surface area (Å²) in [6, 6.07) is 8.42. The summed E-state index contributed by atoms with van der Waals surface area (Å²) < 4.78 is 5.98. The first-order valence-electron chi connectivity index (χ1n) is 9.19. The molecule has 136 valence electrons. The summed E-state index contributed by atoms with van der Waals surface area (Å²) in [5.41, 5.74) is 3.32. The fraction of sp³-hybridized carbons (Fsp3) is 0.450. The highest BCUT2D eigenvalue weighted by molar-refractivity contribution is 5.73. The predicted octanol–water partition coefficient (Wildman–Crippen LogP) is 2.37. The molecule has 1 amide bonds. The van der Waals surface area contributed by atoms with Crippen molar-refractivity contribution in [3.63, 3.8) is 0 Å². The lowest BCUT2D eigenvalue weighted by atomic mass is 10.0. The highest BCUT2D eigenvalue weighted by atomic mass is 16.5. The number of hydrogen-bond donors (Lipinski definition) is 1. The van der Waals surface area contributed by atoms with Gasteiger partial charge in [-0.1, -0.05) is 18.2 Å². The molecule has 2 aromatic rings. The van der Waals surface area contributed by atoms with Gasteiger partial charge in [-0.25, -0.2) is 9.97 Å². The van der Waals surface area contributed by atoms with Gasteiger partial charge in [0, 0.05) is 38.0 Å². The highest BCUT2D eigenvalue weighted by Crippen LogP contribution is 2.33. The fourth-order valence-corrected chi connectivity index (χ4v) is 3.85. The van der Waals surface area contributed by atoms with Crippen LogP contribution < -0.4 is 15.0 Å². The Kier molecular flexibility index (Phi) is 4.49. The average molecular weight is 352 g/mol. The number of piperidine rings is 1. The maximum absolute atomic E-state index is 11.3. The molecular weight excluding hydrogens is 328 g/mol. The minimum atomic E-state index is 0.0453. The maximum Gasteiger partial charge on any atom is 0.217 e. The second-order valence-electron chi connectivity index (χ2n) is 7.05. The summed E-state index contributed by atoms with van der Waals surface area (Å²) in [5.74, 6) is 2.77. The van der Waals surface area contributed by atoms with E-state index >= 15 is 0 Å². The fourth-order valence-electron chi connectivity index (χ4n) is 3.85. The van der Waals surface area contributed by atoms with Crippen molar-refractivity contribution in [2.24, 2.45) is 0 Å². The molecule has 4 rings (SSSR count). The minimum absolute atomic E-state index is 0.0453. The van der Waals surface area contributed by atoms with Crippen LogP contribution in [-0.4, -0.2) is 35.0 Å². The number of aromatic nitrogens is 2. The van der Waals surface area contributed by atoms with Gasteiger partial charge >= 0.3 is 0 Å². The van der Waals surface area contributed by atoms with E-state index in [9.17, 15) is 4.79 Å². The molecule has 3 heterocycles. The number of amides is 1. The Morgan fingerprint density at radius 2 is 2.00 bits per heavy atom. The van der Waals surface area contributed by atoms with Gasteiger partial charge in [-0.05, 0) is 31.4 Å². The van der Waals surface area contributed by atoms with Crippen LogP contribution in [0.4, 0.5) is 5.82 Å². The molecular formula is C20H24N4O2. The van der Waals surface area contributed by atoms with Crippen molar-refractivity contribution >= 4 is 11.7 Å². The van der Waals surface area contributed by atoms with Gasteiger partial charge in [0.05, 0.1) is 5.69 Å². The number of fused-ring (bicyclic) bond motifs is 2. The van der Waals surface area contributed by atoms with Crippen molar-refractivity contribution in [2.45, 2.75) is 45.8 Å². The largest absolute Gasteiger partial charge is 0.487 e. The maximum atomic E-state index is 11.3. The Hall–Kier alpha value is -2.63. The van der Waals surface area contributed by atoms with Gasteiger partial charge in [0.2, 0.25) is 5.91 Å². The quantitative estimate of drug-likeness (QED) is 0.899. The molecule has 2 aliphatic heterocycles. The molecule has 0 bridgehead atoms. The third-order valence-electron chi connectivity index (χ3n) is 5.09. The van der Waals surface area contributed by atoms with E-state index in [1.807, 2.05) is 25.1 Å². The molecule has 1 saturated heterocycles. The summed E-state index contributed by atoms with van der Waals surface area (Å²) in [5, 5.41) is 3.03. The van der Waals surface area contributed by atoms with Crippen LogP contribution in [0.25, 0.3) is 0 Å². The normalized spacial score (nSPS) is 16.9. The molecule has 0 spiro atoms. The number of carbonyl (C=O) groups is 1. The van der Waals surface area contributed by atoms with Crippen LogP contribution in [0.1, 0.15) is 42.4 Å². The van der Waals surface area contributed by atoms with Gasteiger partial charge in [-0.15, -0.1) is 0 Å². The molecule has 2 aliphatic rings. The molecule has 0 saturated carbocycles. The van der Waals surface area contributed by atoms with Crippen LogP contribution in [0.15, 0.2) is 24.3 Å². The summed E-state index contributed by atoms with van der Waals surface area (Å²) in [6.45, 7) is 5.76. The Labute approximate surface area is 153 Å². The highest BCUT2D eigenvalue weighted by Gasteiger charge is 2.26. The van der Waals surface area contributed by atoms with E-state index in [1.54, 1.807) is 6.92 Å². The summed E-state index contributed by atoms with van der Waals surface area (Å²) in [7, 11) is 0. The van der Waals surface area contributed by atoms with E-state index in [0.29, 0.717) is 6.61 Å². The second kappa shape index (κ2) is 6.94. The number of carbonyl (C=O) groups excluding carboxylic acids is 1. The smallest absolute Gasteiger partial charge is 0.217 e. The molecule has 1 aromatic heterocycles. The first kappa shape index (κ1) is 16.8. The van der Waals surface area contributed by atoms with Crippen LogP contribution in [0.3, 0.4) is 0 Å². The molecule has 1 fully saturated rings. The number of rotatable bonds is 2. The van der Waals surface area contributed by atoms with E-state index in [-0.39, 0.29) is 11.9 Å². The third-order valence-corrected chi connectivity index (χ3v) is 5.09. The van der Waals surface area contributed by atoms with Gasteiger partial charge in [0.1, 0.15) is 24.0 Å². The summed E-state index contributed by atoms with van der Waals surface area (Å²) >= 11 is 0. The van der Waals surface area contributed by atoms with Crippen LogP contribution in [0.5, 0.6) is 5.75 Å². The van der Waals surface area contributed by atoms with Gasteiger partial charge < -0.3 is 15.0 Å². The summed E-state index contributed by atoms with van der Waals surface area (Å²) in [4.78, 5) is 23.1. The SMILES string of the molecule is CC(=O)NC1CCN(c2nc(C)nc3c2Cc2ccccc2OC3)CC1. The zero-order valence-corrected chi connectivity index (χ0v) is 15.3. The second-order valence-corrected chi connectivity index (χ2v) is 7.05. The Morgan fingerprint density at radius 3 is 2.77 bits per heavy atom. The van der Waals surface area contributed by atoms with Crippen LogP contribution in [0, 0.1) is 6.92 Å². The molecule has 0 unspecified atom stereocenters. The lowest BCUT2D eigenvalue weighted by Crippen LogP contribution is -2.44. The Bertz CT molecular complexity index is 829. The number of nitrogens with one attached hydrogen (secondary N) is 1. The number of hydrogen-bond acceptors (Lipinski definition) is 5. The molecule has 6 heteroatoms. The van der Waals surface area contributed by atoms with Crippen molar-refractivity contribution in [1.82, 2.24) is 15.3 Å². The lowest BCUT2D eigenvalue weighted by molar-refractivity contribution is -0.119. The van der Waals surface area contributed by atoms with E-state index in [4.69, 9.17) is 9.72 Å². The number of aryl methyl sites for hydroxylation is 1. The summed E-state index contributed by atoms with van der Waals surface area (Å²) in [6.07, 6.45) is 2.65. The van der Waals surface area contributed by atoms with Crippen molar-refractivity contribution in [3.05, 3.63) is 46.9 Å². The molecule has 0 atom stereocenters. The third kappa shape index (κ3) is 3.36. The Morgan fingerprint density at radius 1 is 1.23 bits per heavy atom.